The minimum absolute atomic E-state index is 0.0781. The molecule has 2 aliphatic rings. The molecule has 8 N–H and O–H groups in total. The third kappa shape index (κ3) is 8.61. The quantitative estimate of drug-likeness (QED) is 0.171. The van der Waals surface area contributed by atoms with E-state index in [1.807, 2.05) is 0 Å². The predicted octanol–water partition coefficient (Wildman–Crippen LogP) is -2.86. The van der Waals surface area contributed by atoms with Gasteiger partial charge in [-0.05, 0) is 31.6 Å². The van der Waals surface area contributed by atoms with Crippen molar-refractivity contribution in [3.63, 3.8) is 0 Å². The molecule has 15 nitrogen and oxygen atoms in total. The van der Waals surface area contributed by atoms with Crippen LogP contribution in [-0.2, 0) is 28.8 Å². The van der Waals surface area contributed by atoms with Gasteiger partial charge in [-0.3, -0.25) is 28.8 Å². The van der Waals surface area contributed by atoms with Crippen molar-refractivity contribution in [2.24, 2.45) is 11.7 Å². The monoisotopic (exact) mass is 525 g/mol. The highest BCUT2D eigenvalue weighted by Crippen LogP contribution is 2.20. The largest absolute Gasteiger partial charge is 0.481 e. The van der Waals surface area contributed by atoms with Crippen molar-refractivity contribution in [1.82, 2.24) is 31.5 Å². The molecule has 7 amide bonds. The van der Waals surface area contributed by atoms with Gasteiger partial charge in [-0.15, -0.1) is 0 Å². The van der Waals surface area contributed by atoms with Gasteiger partial charge in [0.2, 0.25) is 29.5 Å². The van der Waals surface area contributed by atoms with Gasteiger partial charge < -0.3 is 42.3 Å². The molecule has 206 valence electrons. The van der Waals surface area contributed by atoms with Crippen LogP contribution in [0, 0.1) is 5.92 Å². The summed E-state index contributed by atoms with van der Waals surface area (Å²) >= 11 is 0. The van der Waals surface area contributed by atoms with E-state index in [0.29, 0.717) is 12.8 Å². The SMILES string of the molecule is CC(C)[C@@H]1NC(=O)[C@H]2CCCN2C(=O)[C@H](CC(=O)O)NC(=O)CNC(=O)[C@H](CCCNC(N)=O)NC1=O. The number of carbonyl (C=O) groups is 7. The number of amides is 7. The number of aliphatic carboxylic acids is 1. The lowest BCUT2D eigenvalue weighted by Crippen LogP contribution is -2.58. The fourth-order valence-electron chi connectivity index (χ4n) is 4.25. The Balaban J connectivity index is 2.34. The highest BCUT2D eigenvalue weighted by atomic mass is 16.4. The minimum atomic E-state index is -1.45. The Bertz CT molecular complexity index is 925. The van der Waals surface area contributed by atoms with Gasteiger partial charge in [-0.1, -0.05) is 13.8 Å². The number of primary amides is 1. The Labute approximate surface area is 213 Å². The molecule has 0 unspecified atom stereocenters. The number of hydrogen-bond acceptors (Lipinski definition) is 7. The first-order valence-electron chi connectivity index (χ1n) is 12.1. The highest BCUT2D eigenvalue weighted by molar-refractivity contribution is 5.98. The smallest absolute Gasteiger partial charge is 0.312 e. The van der Waals surface area contributed by atoms with Gasteiger partial charge in [0.05, 0.1) is 13.0 Å². The summed E-state index contributed by atoms with van der Waals surface area (Å²) in [4.78, 5) is 88.2. The molecule has 0 aromatic rings. The first-order valence-corrected chi connectivity index (χ1v) is 12.1. The number of hydrogen-bond donors (Lipinski definition) is 7. The number of rotatable bonds is 7. The van der Waals surface area contributed by atoms with Crippen LogP contribution in [0.1, 0.15) is 46.0 Å². The predicted molar refractivity (Wildman–Crippen MR) is 127 cm³/mol. The number of carboxylic acids is 1. The zero-order valence-electron chi connectivity index (χ0n) is 20.9. The molecule has 0 spiro atoms. The van der Waals surface area contributed by atoms with Crippen LogP contribution in [-0.4, -0.2) is 95.3 Å². The molecule has 0 bridgehead atoms. The van der Waals surface area contributed by atoms with Crippen LogP contribution < -0.4 is 32.3 Å². The third-order valence-corrected chi connectivity index (χ3v) is 6.12. The number of nitrogens with one attached hydrogen (secondary N) is 5. The van der Waals surface area contributed by atoms with Crippen molar-refractivity contribution in [3.05, 3.63) is 0 Å². The van der Waals surface area contributed by atoms with Gasteiger partial charge in [-0.25, -0.2) is 4.79 Å². The third-order valence-electron chi connectivity index (χ3n) is 6.12. The van der Waals surface area contributed by atoms with Crippen molar-refractivity contribution < 1.29 is 38.7 Å². The summed E-state index contributed by atoms with van der Waals surface area (Å²) in [6.45, 7) is 3.14. The Morgan fingerprint density at radius 1 is 1.05 bits per heavy atom. The molecule has 15 heteroatoms. The summed E-state index contributed by atoms with van der Waals surface area (Å²) in [6, 6.07) is -5.30. The number of nitrogens with zero attached hydrogens (tertiary/aromatic N) is 1. The Morgan fingerprint density at radius 2 is 1.76 bits per heavy atom. The van der Waals surface area contributed by atoms with Crippen molar-refractivity contribution in [3.8, 4) is 0 Å². The van der Waals surface area contributed by atoms with Crippen molar-refractivity contribution >= 4 is 41.5 Å². The molecule has 0 aliphatic carbocycles. The molecule has 2 aliphatic heterocycles. The van der Waals surface area contributed by atoms with Gasteiger partial charge >= 0.3 is 12.0 Å². The Hall–Kier alpha value is -3.91. The van der Waals surface area contributed by atoms with E-state index in [4.69, 9.17) is 5.73 Å². The fraction of sp³-hybridized carbons (Fsp3) is 0.682. The molecule has 0 aromatic carbocycles. The first-order chi connectivity index (χ1) is 17.4. The maximum absolute atomic E-state index is 13.1. The fourth-order valence-corrected chi connectivity index (χ4v) is 4.25. The van der Waals surface area contributed by atoms with E-state index in [2.05, 4.69) is 26.6 Å². The Kier molecular flexibility index (Phi) is 10.6. The maximum atomic E-state index is 13.1. The van der Waals surface area contributed by atoms with E-state index < -0.39 is 78.7 Å². The highest BCUT2D eigenvalue weighted by Gasteiger charge is 2.40. The minimum Gasteiger partial charge on any atom is -0.481 e. The van der Waals surface area contributed by atoms with E-state index in [1.165, 1.54) is 4.90 Å². The van der Waals surface area contributed by atoms with Crippen LogP contribution in [0.2, 0.25) is 0 Å². The lowest BCUT2D eigenvalue weighted by molar-refractivity contribution is -0.146. The lowest BCUT2D eigenvalue weighted by Gasteiger charge is -2.30. The molecule has 2 rings (SSSR count). The maximum Gasteiger partial charge on any atom is 0.312 e. The molecule has 2 saturated heterocycles. The normalized spacial score (nSPS) is 25.7. The summed E-state index contributed by atoms with van der Waals surface area (Å²) < 4.78 is 0. The summed E-state index contributed by atoms with van der Waals surface area (Å²) in [7, 11) is 0. The summed E-state index contributed by atoms with van der Waals surface area (Å²) in [5, 5.41) is 21.6. The van der Waals surface area contributed by atoms with Crippen LogP contribution >= 0.6 is 0 Å². The molecule has 4 atom stereocenters. The average molecular weight is 526 g/mol. The van der Waals surface area contributed by atoms with E-state index in [-0.39, 0.29) is 31.8 Å². The van der Waals surface area contributed by atoms with Crippen LogP contribution in [0.5, 0.6) is 0 Å². The van der Waals surface area contributed by atoms with Crippen LogP contribution in [0.4, 0.5) is 4.79 Å². The molecule has 0 aromatic heterocycles. The van der Waals surface area contributed by atoms with Crippen molar-refractivity contribution in [2.75, 3.05) is 19.6 Å². The van der Waals surface area contributed by atoms with Gasteiger partial charge in [0.25, 0.3) is 0 Å². The molecule has 0 saturated carbocycles. The van der Waals surface area contributed by atoms with Gasteiger partial charge in [0.15, 0.2) is 0 Å². The van der Waals surface area contributed by atoms with Gasteiger partial charge in [-0.2, -0.15) is 0 Å². The summed E-state index contributed by atoms with van der Waals surface area (Å²) in [6.07, 6.45) is 0.404. The second-order valence-electron chi connectivity index (χ2n) is 9.35. The van der Waals surface area contributed by atoms with E-state index >= 15 is 0 Å². The molecular formula is C22H35N7O8. The zero-order valence-corrected chi connectivity index (χ0v) is 20.9. The molecule has 0 radical (unpaired) electrons. The molecule has 2 fully saturated rings. The van der Waals surface area contributed by atoms with Crippen molar-refractivity contribution in [2.45, 2.75) is 70.1 Å². The second kappa shape index (κ2) is 13.4. The number of fused-ring (bicyclic) bond motifs is 1. The number of urea groups is 1. The number of nitrogens with two attached hydrogens (primary N) is 1. The van der Waals surface area contributed by atoms with Crippen molar-refractivity contribution in [1.29, 1.82) is 0 Å². The van der Waals surface area contributed by atoms with Crippen LogP contribution in [0.25, 0.3) is 0 Å². The topological polar surface area (TPSA) is 229 Å². The van der Waals surface area contributed by atoms with Gasteiger partial charge in [0, 0.05) is 13.1 Å². The van der Waals surface area contributed by atoms with E-state index in [0.717, 1.165) is 0 Å². The number of carbonyl (C=O) groups excluding carboxylic acids is 6. The van der Waals surface area contributed by atoms with E-state index in [9.17, 15) is 38.7 Å². The molecular weight excluding hydrogens is 490 g/mol. The second-order valence-corrected chi connectivity index (χ2v) is 9.35. The van der Waals surface area contributed by atoms with Crippen LogP contribution in [0.3, 0.4) is 0 Å². The average Bonchev–Trinajstić information content (AvgIpc) is 3.30. The van der Waals surface area contributed by atoms with Gasteiger partial charge in [0.1, 0.15) is 24.2 Å². The summed E-state index contributed by atoms with van der Waals surface area (Å²) in [5.74, 6) is -5.21. The number of carboxylic acid groups (broad SMARTS) is 1. The molecule has 2 heterocycles. The first kappa shape index (κ1) is 29.3. The van der Waals surface area contributed by atoms with Crippen LogP contribution in [0.15, 0.2) is 0 Å². The lowest BCUT2D eigenvalue weighted by atomic mass is 10.0. The summed E-state index contributed by atoms with van der Waals surface area (Å²) in [5.41, 5.74) is 5.04. The van der Waals surface area contributed by atoms with E-state index in [1.54, 1.807) is 13.8 Å². The zero-order chi connectivity index (χ0) is 27.7. The molecule has 37 heavy (non-hydrogen) atoms. The standard InChI is InChI=1S/C22H35N7O8/c1-11(2)17-20(35)27-12(5-3-7-24-22(23)37)18(33)25-10-15(30)26-13(9-16(31)32)21(36)29-8-4-6-14(29)19(34)28-17/h11-14,17H,3-10H2,1-2H3,(H,25,33)(H,26,30)(H,27,35)(H,28,34)(H,31,32)(H3,23,24,37)/t12-,13-,14+,17-/m0/s1. The Morgan fingerprint density at radius 3 is 2.38 bits per heavy atom.